The molecule has 0 aliphatic carbocycles. The molecular weight excluding hydrogens is 166 g/mol. The van der Waals surface area contributed by atoms with Crippen molar-refractivity contribution < 1.29 is 5.11 Å². The summed E-state index contributed by atoms with van der Waals surface area (Å²) in [4.78, 5) is 0. The van der Waals surface area contributed by atoms with Crippen LogP contribution in [-0.4, -0.2) is 20.9 Å². The van der Waals surface area contributed by atoms with Crippen molar-refractivity contribution in [1.29, 1.82) is 0 Å². The fourth-order valence-corrected chi connectivity index (χ4v) is 2.14. The lowest BCUT2D eigenvalue weighted by molar-refractivity contribution is 0.000252. The molecule has 10 heavy (non-hydrogen) atoms. The zero-order valence-corrected chi connectivity index (χ0v) is 7.68. The molecule has 1 aliphatic heterocycles. The van der Waals surface area contributed by atoms with Gasteiger partial charge in [0, 0.05) is 11.7 Å². The van der Waals surface area contributed by atoms with Crippen molar-refractivity contribution in [2.75, 3.05) is 5.75 Å². The first-order valence-corrected chi connectivity index (χ1v) is 4.59. The first kappa shape index (κ1) is 8.30. The molecule has 0 aromatic carbocycles. The lowest BCUT2D eigenvalue weighted by Gasteiger charge is -2.36. The van der Waals surface area contributed by atoms with Gasteiger partial charge in [0.1, 0.15) is 10.0 Å². The average molecular weight is 177 g/mol. The zero-order chi connectivity index (χ0) is 7.78. The third-order valence-corrected chi connectivity index (χ3v) is 3.27. The van der Waals surface area contributed by atoms with Gasteiger partial charge in [0.25, 0.3) is 0 Å². The molecule has 0 aromatic heterocycles. The smallest absolute Gasteiger partial charge is 0.137 e. The Balaban J connectivity index is 2.63. The Morgan fingerprint density at radius 2 is 2.50 bits per heavy atom. The van der Waals surface area contributed by atoms with E-state index in [0.29, 0.717) is 4.32 Å². The summed E-state index contributed by atoms with van der Waals surface area (Å²) in [6.07, 6.45) is 0. The van der Waals surface area contributed by atoms with E-state index in [-0.39, 0.29) is 5.92 Å². The van der Waals surface area contributed by atoms with Gasteiger partial charge in [-0.05, 0) is 6.92 Å². The van der Waals surface area contributed by atoms with Crippen LogP contribution < -0.4 is 5.32 Å². The number of nitrogens with one attached hydrogen (secondary N) is 1. The van der Waals surface area contributed by atoms with Gasteiger partial charge in [-0.1, -0.05) is 30.9 Å². The molecule has 1 saturated heterocycles. The second-order valence-electron chi connectivity index (χ2n) is 2.77. The third-order valence-electron chi connectivity index (χ3n) is 1.78. The van der Waals surface area contributed by atoms with Crippen LogP contribution in [0.2, 0.25) is 0 Å². The van der Waals surface area contributed by atoms with Gasteiger partial charge in [-0.3, -0.25) is 0 Å². The Bertz CT molecular complexity index is 158. The standard InChI is InChI=1S/C6H11NOS2/c1-4-3-10-5(9)7-6(4,2)8/h4,8H,3H2,1-2H3,(H,7,9). The Morgan fingerprint density at radius 3 is 2.90 bits per heavy atom. The van der Waals surface area contributed by atoms with Gasteiger partial charge < -0.3 is 10.4 Å². The van der Waals surface area contributed by atoms with E-state index < -0.39 is 5.72 Å². The first-order chi connectivity index (χ1) is 4.52. The number of hydrogen-bond donors (Lipinski definition) is 2. The Labute approximate surface area is 70.4 Å². The molecule has 58 valence electrons. The average Bonchev–Trinajstić information content (AvgIpc) is 1.78. The van der Waals surface area contributed by atoms with Gasteiger partial charge >= 0.3 is 0 Å². The molecule has 1 heterocycles. The van der Waals surface area contributed by atoms with Crippen LogP contribution in [0.4, 0.5) is 0 Å². The molecule has 2 unspecified atom stereocenters. The van der Waals surface area contributed by atoms with E-state index in [4.69, 9.17) is 12.2 Å². The highest BCUT2D eigenvalue weighted by Gasteiger charge is 2.32. The Hall–Kier alpha value is 0.200. The fourth-order valence-electron chi connectivity index (χ4n) is 0.729. The molecule has 0 spiro atoms. The summed E-state index contributed by atoms with van der Waals surface area (Å²) < 4.78 is 0.697. The van der Waals surface area contributed by atoms with Gasteiger partial charge in [0.05, 0.1) is 0 Å². The summed E-state index contributed by atoms with van der Waals surface area (Å²) in [5.41, 5.74) is -0.803. The van der Waals surface area contributed by atoms with E-state index in [9.17, 15) is 5.11 Å². The lowest BCUT2D eigenvalue weighted by Crippen LogP contribution is -2.53. The minimum Gasteiger partial charge on any atom is -0.371 e. The van der Waals surface area contributed by atoms with Crippen LogP contribution >= 0.6 is 24.0 Å². The van der Waals surface area contributed by atoms with Crippen LogP contribution in [-0.2, 0) is 0 Å². The summed E-state index contributed by atoms with van der Waals surface area (Å²) in [6, 6.07) is 0. The van der Waals surface area contributed by atoms with Crippen molar-refractivity contribution >= 4 is 28.3 Å². The second-order valence-corrected chi connectivity index (χ2v) is 4.47. The highest BCUT2D eigenvalue weighted by Crippen LogP contribution is 2.25. The maximum Gasteiger partial charge on any atom is 0.137 e. The van der Waals surface area contributed by atoms with Crippen molar-refractivity contribution in [3.63, 3.8) is 0 Å². The molecule has 4 heteroatoms. The lowest BCUT2D eigenvalue weighted by atomic mass is 10.0. The predicted octanol–water partition coefficient (Wildman–Crippen LogP) is 0.952. The van der Waals surface area contributed by atoms with Crippen molar-refractivity contribution in [2.45, 2.75) is 19.6 Å². The largest absolute Gasteiger partial charge is 0.371 e. The number of rotatable bonds is 0. The quantitative estimate of drug-likeness (QED) is 0.540. The van der Waals surface area contributed by atoms with Crippen LogP contribution in [0.3, 0.4) is 0 Å². The molecule has 1 aliphatic rings. The van der Waals surface area contributed by atoms with Crippen LogP contribution in [0.25, 0.3) is 0 Å². The number of thiocarbonyl (C=S) groups is 1. The fraction of sp³-hybridized carbons (Fsp3) is 0.833. The van der Waals surface area contributed by atoms with Crippen molar-refractivity contribution in [2.24, 2.45) is 5.92 Å². The molecule has 0 amide bonds. The van der Waals surface area contributed by atoms with Gasteiger partial charge in [-0.25, -0.2) is 0 Å². The summed E-state index contributed by atoms with van der Waals surface area (Å²) in [7, 11) is 0. The molecule has 1 rings (SSSR count). The summed E-state index contributed by atoms with van der Waals surface area (Å²) in [5, 5.41) is 12.5. The summed E-state index contributed by atoms with van der Waals surface area (Å²) in [6.45, 7) is 3.76. The highest BCUT2D eigenvalue weighted by molar-refractivity contribution is 8.23. The van der Waals surface area contributed by atoms with E-state index in [1.807, 2.05) is 6.92 Å². The van der Waals surface area contributed by atoms with E-state index >= 15 is 0 Å². The van der Waals surface area contributed by atoms with Crippen LogP contribution in [0.1, 0.15) is 13.8 Å². The molecule has 0 saturated carbocycles. The number of hydrogen-bond acceptors (Lipinski definition) is 3. The Kier molecular flexibility index (Phi) is 2.22. The van der Waals surface area contributed by atoms with E-state index in [0.717, 1.165) is 5.75 Å². The normalized spacial score (nSPS) is 41.1. The third kappa shape index (κ3) is 1.62. The van der Waals surface area contributed by atoms with Crippen molar-refractivity contribution in [3.05, 3.63) is 0 Å². The van der Waals surface area contributed by atoms with Crippen molar-refractivity contribution in [1.82, 2.24) is 5.32 Å². The van der Waals surface area contributed by atoms with Crippen molar-refractivity contribution in [3.8, 4) is 0 Å². The SMILES string of the molecule is CC1CSC(=S)NC1(C)O. The zero-order valence-electron chi connectivity index (χ0n) is 6.05. The molecule has 2 atom stereocenters. The molecule has 0 bridgehead atoms. The van der Waals surface area contributed by atoms with Crippen LogP contribution in [0.5, 0.6) is 0 Å². The van der Waals surface area contributed by atoms with Gasteiger partial charge in [0.2, 0.25) is 0 Å². The van der Waals surface area contributed by atoms with E-state index in [2.05, 4.69) is 5.32 Å². The number of aliphatic hydroxyl groups is 1. The monoisotopic (exact) mass is 177 g/mol. The first-order valence-electron chi connectivity index (χ1n) is 3.19. The number of thioether (sulfide) groups is 1. The van der Waals surface area contributed by atoms with E-state index in [1.54, 1.807) is 18.7 Å². The molecule has 1 fully saturated rings. The second kappa shape index (κ2) is 2.68. The van der Waals surface area contributed by atoms with Crippen LogP contribution in [0.15, 0.2) is 0 Å². The molecule has 2 N–H and O–H groups in total. The molecule has 0 radical (unpaired) electrons. The van der Waals surface area contributed by atoms with Crippen LogP contribution in [0, 0.1) is 5.92 Å². The van der Waals surface area contributed by atoms with Gasteiger partial charge in [-0.2, -0.15) is 0 Å². The minimum atomic E-state index is -0.803. The van der Waals surface area contributed by atoms with E-state index in [1.165, 1.54) is 0 Å². The minimum absolute atomic E-state index is 0.254. The summed E-state index contributed by atoms with van der Waals surface area (Å²) in [5.74, 6) is 1.16. The predicted molar refractivity (Wildman–Crippen MR) is 48.0 cm³/mol. The summed E-state index contributed by atoms with van der Waals surface area (Å²) >= 11 is 6.49. The maximum absolute atomic E-state index is 9.60. The Morgan fingerprint density at radius 1 is 1.90 bits per heavy atom. The molecule has 2 nitrogen and oxygen atoms in total. The van der Waals surface area contributed by atoms with Gasteiger partial charge in [0.15, 0.2) is 0 Å². The molecule has 0 aromatic rings. The molecular formula is C6H11NOS2. The highest BCUT2D eigenvalue weighted by atomic mass is 32.2. The topological polar surface area (TPSA) is 32.3 Å². The maximum atomic E-state index is 9.60. The van der Waals surface area contributed by atoms with Gasteiger partial charge in [-0.15, -0.1) is 0 Å².